The number of rotatable bonds is 3. The Bertz CT molecular complexity index is 1150. The number of anilines is 2. The van der Waals surface area contributed by atoms with Crippen LogP contribution in [-0.2, 0) is 6.18 Å². The minimum Gasteiger partial charge on any atom is -0.483 e. The van der Waals surface area contributed by atoms with Crippen molar-refractivity contribution in [3.63, 3.8) is 0 Å². The summed E-state index contributed by atoms with van der Waals surface area (Å²) in [6.07, 6.45) is -4.71. The fourth-order valence-corrected chi connectivity index (χ4v) is 3.52. The number of fused-ring (bicyclic) bond motifs is 2. The third-order valence-electron chi connectivity index (χ3n) is 5.32. The molecule has 3 N–H and O–H groups in total. The summed E-state index contributed by atoms with van der Waals surface area (Å²) in [5.74, 6) is 2.18. The smallest absolute Gasteiger partial charge is 0.416 e. The molecule has 3 aromatic rings. The minimum atomic E-state index is -4.48. The van der Waals surface area contributed by atoms with E-state index in [1.54, 1.807) is 26.0 Å². The molecule has 6 nitrogen and oxygen atoms in total. The zero-order valence-corrected chi connectivity index (χ0v) is 17.5. The standard InChI is InChI=1S/C22H23F3N4O2/c1-10(14-5-15(22(23,24)25)7-16(26)6-14)27-21-17-8-19-20(31-12(3)11(2)30-19)9-18(17)28-13(4)29-21/h5-12H,26H2,1-4H3,(H,27,28,29)/t10-,11?,12?/m1/s1. The van der Waals surface area contributed by atoms with Crippen LogP contribution in [0, 0.1) is 6.92 Å². The van der Waals surface area contributed by atoms with E-state index in [0.717, 1.165) is 12.1 Å². The number of nitrogens with zero attached hydrogens (tertiary/aromatic N) is 2. The van der Waals surface area contributed by atoms with Gasteiger partial charge in [-0.05, 0) is 57.5 Å². The van der Waals surface area contributed by atoms with E-state index in [-0.39, 0.29) is 17.9 Å². The molecule has 0 fully saturated rings. The summed E-state index contributed by atoms with van der Waals surface area (Å²) in [6.45, 7) is 7.35. The summed E-state index contributed by atoms with van der Waals surface area (Å²) in [7, 11) is 0. The highest BCUT2D eigenvalue weighted by Crippen LogP contribution is 2.39. The Labute approximate surface area is 177 Å². The molecule has 4 rings (SSSR count). The number of nitrogens with one attached hydrogen (secondary N) is 1. The number of hydrogen-bond acceptors (Lipinski definition) is 6. The van der Waals surface area contributed by atoms with Gasteiger partial charge in [-0.3, -0.25) is 0 Å². The van der Waals surface area contributed by atoms with Crippen LogP contribution >= 0.6 is 0 Å². The molecule has 31 heavy (non-hydrogen) atoms. The maximum absolute atomic E-state index is 13.2. The Hall–Kier alpha value is -3.23. The van der Waals surface area contributed by atoms with Crippen LogP contribution in [0.15, 0.2) is 30.3 Å². The number of ether oxygens (including phenoxy) is 2. The fraction of sp³-hybridized carbons (Fsp3) is 0.364. The van der Waals surface area contributed by atoms with Crippen LogP contribution in [0.5, 0.6) is 11.5 Å². The first-order valence-corrected chi connectivity index (χ1v) is 9.91. The average molecular weight is 432 g/mol. The van der Waals surface area contributed by atoms with Gasteiger partial charge in [0, 0.05) is 17.1 Å². The lowest BCUT2D eigenvalue weighted by Crippen LogP contribution is -2.34. The number of nitrogen functional groups attached to an aromatic ring is 1. The molecule has 1 aliphatic heterocycles. The van der Waals surface area contributed by atoms with Gasteiger partial charge in [0.15, 0.2) is 11.5 Å². The molecule has 164 valence electrons. The Balaban J connectivity index is 1.73. The molecule has 0 amide bonds. The van der Waals surface area contributed by atoms with Crippen molar-refractivity contribution in [2.75, 3.05) is 11.1 Å². The molecule has 0 spiro atoms. The molecule has 2 aromatic carbocycles. The Morgan fingerprint density at radius 1 is 1.00 bits per heavy atom. The predicted molar refractivity (Wildman–Crippen MR) is 112 cm³/mol. The predicted octanol–water partition coefficient (Wildman–Crippen LogP) is 5.26. The van der Waals surface area contributed by atoms with E-state index in [2.05, 4.69) is 15.3 Å². The lowest BCUT2D eigenvalue weighted by molar-refractivity contribution is -0.137. The van der Waals surface area contributed by atoms with Gasteiger partial charge < -0.3 is 20.5 Å². The molecule has 1 aliphatic rings. The quantitative estimate of drug-likeness (QED) is 0.550. The van der Waals surface area contributed by atoms with Crippen LogP contribution in [0.2, 0.25) is 0 Å². The number of benzene rings is 2. The second-order valence-corrected chi connectivity index (χ2v) is 7.83. The van der Waals surface area contributed by atoms with Gasteiger partial charge in [0.25, 0.3) is 0 Å². The molecule has 2 heterocycles. The largest absolute Gasteiger partial charge is 0.483 e. The van der Waals surface area contributed by atoms with Gasteiger partial charge in [0.05, 0.1) is 17.1 Å². The second-order valence-electron chi connectivity index (χ2n) is 7.83. The maximum Gasteiger partial charge on any atom is 0.416 e. The van der Waals surface area contributed by atoms with Crippen LogP contribution in [0.4, 0.5) is 24.7 Å². The highest BCUT2D eigenvalue weighted by Gasteiger charge is 2.31. The molecule has 1 aromatic heterocycles. The zero-order valence-electron chi connectivity index (χ0n) is 17.5. The van der Waals surface area contributed by atoms with Crippen molar-refractivity contribution in [2.24, 2.45) is 0 Å². The van der Waals surface area contributed by atoms with Crippen molar-refractivity contribution in [3.8, 4) is 11.5 Å². The van der Waals surface area contributed by atoms with E-state index >= 15 is 0 Å². The molecular formula is C22H23F3N4O2. The number of hydrogen-bond donors (Lipinski definition) is 2. The van der Waals surface area contributed by atoms with E-state index < -0.39 is 17.8 Å². The number of aryl methyl sites for hydroxylation is 1. The summed E-state index contributed by atoms with van der Waals surface area (Å²) < 4.78 is 51.4. The lowest BCUT2D eigenvalue weighted by atomic mass is 10.0. The van der Waals surface area contributed by atoms with Gasteiger partial charge in [-0.15, -0.1) is 0 Å². The van der Waals surface area contributed by atoms with Gasteiger partial charge in [-0.1, -0.05) is 0 Å². The first kappa shape index (κ1) is 21.0. The Morgan fingerprint density at radius 2 is 1.65 bits per heavy atom. The van der Waals surface area contributed by atoms with Gasteiger partial charge in [-0.2, -0.15) is 13.2 Å². The molecule has 0 saturated heterocycles. The SMILES string of the molecule is Cc1nc(N[C@H](C)c2cc(N)cc(C(F)(F)F)c2)c2cc3c(cc2n1)OC(C)C(C)O3. The number of nitrogens with two attached hydrogens (primary N) is 1. The summed E-state index contributed by atoms with van der Waals surface area (Å²) >= 11 is 0. The minimum absolute atomic E-state index is 0.0462. The maximum atomic E-state index is 13.2. The second kappa shape index (κ2) is 7.47. The molecule has 0 aliphatic carbocycles. The van der Waals surface area contributed by atoms with Crippen LogP contribution in [0.25, 0.3) is 10.9 Å². The fourth-order valence-electron chi connectivity index (χ4n) is 3.52. The monoisotopic (exact) mass is 432 g/mol. The zero-order chi connectivity index (χ0) is 22.5. The van der Waals surface area contributed by atoms with Crippen molar-refractivity contribution < 1.29 is 22.6 Å². The summed E-state index contributed by atoms with van der Waals surface area (Å²) in [4.78, 5) is 8.94. The Morgan fingerprint density at radius 3 is 2.29 bits per heavy atom. The van der Waals surface area contributed by atoms with Crippen molar-refractivity contribution in [1.29, 1.82) is 0 Å². The van der Waals surface area contributed by atoms with Crippen molar-refractivity contribution in [1.82, 2.24) is 9.97 Å². The van der Waals surface area contributed by atoms with Crippen LogP contribution < -0.4 is 20.5 Å². The van der Waals surface area contributed by atoms with Crippen LogP contribution in [0.1, 0.15) is 43.8 Å². The highest BCUT2D eigenvalue weighted by atomic mass is 19.4. The summed E-state index contributed by atoms with van der Waals surface area (Å²) in [6, 6.07) is 6.62. The number of halogens is 3. The van der Waals surface area contributed by atoms with Crippen LogP contribution in [-0.4, -0.2) is 22.2 Å². The van der Waals surface area contributed by atoms with E-state index in [9.17, 15) is 13.2 Å². The molecule has 0 bridgehead atoms. The van der Waals surface area contributed by atoms with E-state index in [0.29, 0.717) is 39.6 Å². The normalized spacial score (nSPS) is 19.3. The van der Waals surface area contributed by atoms with E-state index in [1.165, 1.54) is 6.07 Å². The van der Waals surface area contributed by atoms with Crippen molar-refractivity contribution in [3.05, 3.63) is 47.3 Å². The first-order valence-electron chi connectivity index (χ1n) is 9.91. The van der Waals surface area contributed by atoms with Gasteiger partial charge >= 0.3 is 6.18 Å². The molecule has 0 saturated carbocycles. The summed E-state index contributed by atoms with van der Waals surface area (Å²) in [5.41, 5.74) is 6.02. The van der Waals surface area contributed by atoms with Crippen LogP contribution in [0.3, 0.4) is 0 Å². The van der Waals surface area contributed by atoms with E-state index in [1.807, 2.05) is 13.8 Å². The topological polar surface area (TPSA) is 82.3 Å². The molecule has 2 unspecified atom stereocenters. The first-order chi connectivity index (χ1) is 14.5. The molecular weight excluding hydrogens is 409 g/mol. The van der Waals surface area contributed by atoms with E-state index in [4.69, 9.17) is 15.2 Å². The van der Waals surface area contributed by atoms with Crippen molar-refractivity contribution >= 4 is 22.4 Å². The average Bonchev–Trinajstić information content (AvgIpc) is 2.66. The molecule has 3 atom stereocenters. The Kier molecular flexibility index (Phi) is 5.07. The summed E-state index contributed by atoms with van der Waals surface area (Å²) in [5, 5.41) is 3.89. The van der Waals surface area contributed by atoms with Gasteiger partial charge in [0.2, 0.25) is 0 Å². The van der Waals surface area contributed by atoms with Gasteiger partial charge in [-0.25, -0.2) is 9.97 Å². The van der Waals surface area contributed by atoms with Gasteiger partial charge in [0.1, 0.15) is 23.9 Å². The number of aromatic nitrogens is 2. The van der Waals surface area contributed by atoms with Crippen molar-refractivity contribution in [2.45, 2.75) is 52.1 Å². The third kappa shape index (κ3) is 4.17. The molecule has 9 heteroatoms. The molecule has 0 radical (unpaired) electrons. The highest BCUT2D eigenvalue weighted by molar-refractivity contribution is 5.92. The number of alkyl halides is 3. The lowest BCUT2D eigenvalue weighted by Gasteiger charge is -2.30. The third-order valence-corrected chi connectivity index (χ3v) is 5.32.